The van der Waals surface area contributed by atoms with Crippen molar-refractivity contribution in [2.24, 2.45) is 0 Å². The van der Waals surface area contributed by atoms with E-state index >= 15 is 0 Å². The summed E-state index contributed by atoms with van der Waals surface area (Å²) in [5, 5.41) is 13.8. The van der Waals surface area contributed by atoms with Crippen LogP contribution in [0.3, 0.4) is 0 Å². The van der Waals surface area contributed by atoms with Gasteiger partial charge in [-0.2, -0.15) is 0 Å². The van der Waals surface area contributed by atoms with Crippen molar-refractivity contribution in [2.75, 3.05) is 40.9 Å². The SMILES string of the molecule is CC/C=C\C/C=C\C/C=C\C/C=C\C/C=C\CCCCCCCCCCCCCCCCCC(=O)NC(COP(=O)([O-])OCC[N+](C)(C)C)C(O)/C=C/CCCCCCCCCCCCCC. The van der Waals surface area contributed by atoms with Crippen LogP contribution in [0.2, 0.25) is 0 Å². The van der Waals surface area contributed by atoms with Crippen molar-refractivity contribution in [2.45, 2.75) is 251 Å². The number of rotatable bonds is 50. The molecule has 0 aliphatic rings. The number of unbranched alkanes of at least 4 members (excludes halogenated alkanes) is 27. The van der Waals surface area contributed by atoms with Crippen molar-refractivity contribution in [1.29, 1.82) is 0 Å². The van der Waals surface area contributed by atoms with E-state index in [1.54, 1.807) is 6.08 Å². The van der Waals surface area contributed by atoms with Gasteiger partial charge < -0.3 is 28.8 Å². The Hall–Kier alpha value is -2.06. The quantitative estimate of drug-likeness (QED) is 0.0272. The summed E-state index contributed by atoms with van der Waals surface area (Å²) in [7, 11) is 1.26. The highest BCUT2D eigenvalue weighted by atomic mass is 31.2. The minimum absolute atomic E-state index is 0.00250. The normalized spacial score (nSPS) is 14.6. The van der Waals surface area contributed by atoms with Crippen LogP contribution in [-0.2, 0) is 18.4 Å². The number of nitrogens with zero attached hydrogens (tertiary/aromatic N) is 1. The van der Waals surface area contributed by atoms with Gasteiger partial charge in [-0.25, -0.2) is 0 Å². The number of carbonyl (C=O) groups is 1. The first-order valence-electron chi connectivity index (χ1n) is 27.8. The zero-order chi connectivity index (χ0) is 49.2. The van der Waals surface area contributed by atoms with Crippen LogP contribution in [0.1, 0.15) is 239 Å². The number of phosphoric ester groups is 1. The lowest BCUT2D eigenvalue weighted by Gasteiger charge is -2.29. The van der Waals surface area contributed by atoms with Crippen LogP contribution in [0.5, 0.6) is 0 Å². The summed E-state index contributed by atoms with van der Waals surface area (Å²) in [6.45, 7) is 4.54. The number of hydrogen-bond donors (Lipinski definition) is 2. The number of phosphoric acid groups is 1. The third-order valence-corrected chi connectivity index (χ3v) is 13.1. The van der Waals surface area contributed by atoms with Crippen LogP contribution in [0.25, 0.3) is 0 Å². The highest BCUT2D eigenvalue weighted by Gasteiger charge is 2.23. The monoisotopic (exact) mass is 959 g/mol. The summed E-state index contributed by atoms with van der Waals surface area (Å²) in [5.41, 5.74) is 0. The third kappa shape index (κ3) is 51.6. The fourth-order valence-corrected chi connectivity index (χ4v) is 8.55. The maximum atomic E-state index is 12.9. The summed E-state index contributed by atoms with van der Waals surface area (Å²) >= 11 is 0. The molecular formula is C58H107N2O6P. The molecule has 0 bridgehead atoms. The van der Waals surface area contributed by atoms with E-state index in [9.17, 15) is 19.4 Å². The molecule has 3 atom stereocenters. The average Bonchev–Trinajstić information content (AvgIpc) is 3.29. The lowest BCUT2D eigenvalue weighted by Crippen LogP contribution is -2.45. The average molecular weight is 959 g/mol. The number of allylic oxidation sites excluding steroid dienone is 11. The molecule has 0 heterocycles. The highest BCUT2D eigenvalue weighted by Crippen LogP contribution is 2.38. The minimum Gasteiger partial charge on any atom is -0.756 e. The van der Waals surface area contributed by atoms with Gasteiger partial charge in [0.25, 0.3) is 7.82 Å². The van der Waals surface area contributed by atoms with Crippen LogP contribution in [0.4, 0.5) is 0 Å². The number of hydrogen-bond acceptors (Lipinski definition) is 6. The largest absolute Gasteiger partial charge is 0.756 e. The zero-order valence-electron chi connectivity index (χ0n) is 44.3. The van der Waals surface area contributed by atoms with E-state index in [0.29, 0.717) is 17.4 Å². The van der Waals surface area contributed by atoms with Gasteiger partial charge in [-0.3, -0.25) is 9.36 Å². The Balaban J connectivity index is 4.11. The Kier molecular flexibility index (Phi) is 47.4. The molecule has 0 aromatic rings. The molecule has 0 saturated heterocycles. The number of aliphatic hydroxyl groups excluding tert-OH is 1. The summed E-state index contributed by atoms with van der Waals surface area (Å²) in [5.74, 6) is -0.199. The molecule has 0 radical (unpaired) electrons. The van der Waals surface area contributed by atoms with Gasteiger partial charge in [0, 0.05) is 6.42 Å². The lowest BCUT2D eigenvalue weighted by molar-refractivity contribution is -0.870. The molecule has 0 saturated carbocycles. The van der Waals surface area contributed by atoms with Gasteiger partial charge in [-0.1, -0.05) is 241 Å². The molecule has 0 aromatic carbocycles. The molecule has 0 aromatic heterocycles. The summed E-state index contributed by atoms with van der Waals surface area (Å²) in [6.07, 6.45) is 66.8. The molecule has 0 aliphatic heterocycles. The van der Waals surface area contributed by atoms with E-state index in [2.05, 4.69) is 79.9 Å². The van der Waals surface area contributed by atoms with Crippen LogP contribution in [0, 0.1) is 0 Å². The Morgan fingerprint density at radius 3 is 1.33 bits per heavy atom. The van der Waals surface area contributed by atoms with Crippen LogP contribution < -0.4 is 10.2 Å². The van der Waals surface area contributed by atoms with Crippen molar-refractivity contribution in [1.82, 2.24) is 5.32 Å². The topological polar surface area (TPSA) is 108 Å². The summed E-state index contributed by atoms with van der Waals surface area (Å²) in [6, 6.07) is -0.888. The number of nitrogens with one attached hydrogen (secondary N) is 1. The molecule has 67 heavy (non-hydrogen) atoms. The Morgan fingerprint density at radius 2 is 0.910 bits per heavy atom. The predicted octanol–water partition coefficient (Wildman–Crippen LogP) is 16.1. The molecule has 1 amide bonds. The highest BCUT2D eigenvalue weighted by molar-refractivity contribution is 7.45. The maximum Gasteiger partial charge on any atom is 0.268 e. The molecular weight excluding hydrogens is 852 g/mol. The van der Waals surface area contributed by atoms with E-state index in [0.717, 1.165) is 70.6 Å². The van der Waals surface area contributed by atoms with Crippen LogP contribution in [-0.4, -0.2) is 68.5 Å². The number of carbonyl (C=O) groups excluding carboxylic acids is 1. The van der Waals surface area contributed by atoms with Gasteiger partial charge in [0.15, 0.2) is 0 Å². The maximum absolute atomic E-state index is 12.9. The number of amides is 1. The molecule has 3 unspecified atom stereocenters. The van der Waals surface area contributed by atoms with Gasteiger partial charge in [0.1, 0.15) is 13.2 Å². The number of quaternary nitrogens is 1. The Labute approximate surface area is 414 Å². The van der Waals surface area contributed by atoms with E-state index in [1.165, 1.54) is 148 Å². The molecule has 8 nitrogen and oxygen atoms in total. The smallest absolute Gasteiger partial charge is 0.268 e. The molecule has 2 N–H and O–H groups in total. The molecule has 390 valence electrons. The van der Waals surface area contributed by atoms with Crippen molar-refractivity contribution >= 4 is 13.7 Å². The fraction of sp³-hybridized carbons (Fsp3) is 0.776. The summed E-state index contributed by atoms with van der Waals surface area (Å²) < 4.78 is 23.3. The van der Waals surface area contributed by atoms with E-state index < -0.39 is 20.0 Å². The van der Waals surface area contributed by atoms with Crippen molar-refractivity contribution < 1.29 is 32.9 Å². The molecule has 0 aliphatic carbocycles. The van der Waals surface area contributed by atoms with Gasteiger partial charge in [0.05, 0.1) is 39.9 Å². The van der Waals surface area contributed by atoms with Crippen LogP contribution >= 0.6 is 7.82 Å². The van der Waals surface area contributed by atoms with Gasteiger partial charge in [-0.05, 0) is 64.2 Å². The molecule has 0 rings (SSSR count). The second-order valence-electron chi connectivity index (χ2n) is 19.9. The van der Waals surface area contributed by atoms with Gasteiger partial charge >= 0.3 is 0 Å². The van der Waals surface area contributed by atoms with Gasteiger partial charge in [0.2, 0.25) is 5.91 Å². The first kappa shape index (κ1) is 64.9. The lowest BCUT2D eigenvalue weighted by atomic mass is 10.0. The summed E-state index contributed by atoms with van der Waals surface area (Å²) in [4.78, 5) is 25.4. The first-order chi connectivity index (χ1) is 32.5. The molecule has 0 spiro atoms. The zero-order valence-corrected chi connectivity index (χ0v) is 45.2. The van der Waals surface area contributed by atoms with Crippen molar-refractivity contribution in [3.8, 4) is 0 Å². The second-order valence-corrected chi connectivity index (χ2v) is 21.3. The van der Waals surface area contributed by atoms with Crippen molar-refractivity contribution in [3.63, 3.8) is 0 Å². The Morgan fingerprint density at radius 1 is 0.537 bits per heavy atom. The second kappa shape index (κ2) is 48.9. The number of likely N-dealkylation sites (N-methyl/N-ethyl adjacent to an activating group) is 1. The third-order valence-electron chi connectivity index (χ3n) is 12.2. The first-order valence-corrected chi connectivity index (χ1v) is 29.3. The molecule has 9 heteroatoms. The Bertz CT molecular complexity index is 1320. The predicted molar refractivity (Wildman–Crippen MR) is 288 cm³/mol. The van der Waals surface area contributed by atoms with Gasteiger partial charge in [-0.15, -0.1) is 0 Å². The molecule has 0 fully saturated rings. The fourth-order valence-electron chi connectivity index (χ4n) is 7.83. The van der Waals surface area contributed by atoms with Crippen molar-refractivity contribution in [3.05, 3.63) is 72.9 Å². The standard InChI is InChI=1S/C58H107N2O6P/c1-6-8-10-12-14-16-18-20-22-23-24-25-26-27-28-29-30-31-32-33-34-35-36-37-38-40-42-44-46-48-50-52-58(62)59-56(55-66-67(63,64)65-54-53-60(3,4)5)57(61)51-49-47-45-43-41-39-21-19-17-15-13-11-9-7-2/h8,10,14,16,20,22,24-25,27-28,49,51,56-57,61H,6-7,9,11-13,15,17-19,21,23,26,29-48,50,52-55H2,1-5H3,(H-,59,62,63,64)/b10-8-,16-14-,22-20-,25-24-,28-27-,51-49+. The van der Waals surface area contributed by atoms with E-state index in [1.807, 2.05) is 27.2 Å². The van der Waals surface area contributed by atoms with E-state index in [-0.39, 0.29) is 19.1 Å². The minimum atomic E-state index is -4.59. The van der Waals surface area contributed by atoms with Crippen LogP contribution in [0.15, 0.2) is 72.9 Å². The number of aliphatic hydroxyl groups is 1. The van der Waals surface area contributed by atoms with E-state index in [4.69, 9.17) is 9.05 Å².